The van der Waals surface area contributed by atoms with Crippen LogP contribution in [-0.2, 0) is 6.54 Å². The number of furan rings is 1. The highest BCUT2D eigenvalue weighted by molar-refractivity contribution is 5.05. The van der Waals surface area contributed by atoms with Crippen LogP contribution in [0.3, 0.4) is 0 Å². The van der Waals surface area contributed by atoms with Gasteiger partial charge in [0.1, 0.15) is 11.5 Å². The van der Waals surface area contributed by atoms with Gasteiger partial charge in [0.25, 0.3) is 0 Å². The lowest BCUT2D eigenvalue weighted by Crippen LogP contribution is -2.44. The second kappa shape index (κ2) is 6.53. The lowest BCUT2D eigenvalue weighted by molar-refractivity contribution is 0.102. The third-order valence-electron chi connectivity index (χ3n) is 5.03. The van der Waals surface area contributed by atoms with Crippen LogP contribution < -0.4 is 5.73 Å². The van der Waals surface area contributed by atoms with E-state index in [1.54, 1.807) is 0 Å². The van der Waals surface area contributed by atoms with Gasteiger partial charge in [0.15, 0.2) is 0 Å². The molecule has 0 spiro atoms. The van der Waals surface area contributed by atoms with Crippen molar-refractivity contribution >= 4 is 0 Å². The first-order chi connectivity index (χ1) is 9.75. The van der Waals surface area contributed by atoms with E-state index in [0.29, 0.717) is 17.4 Å². The molecule has 1 saturated carbocycles. The Morgan fingerprint density at radius 1 is 1.29 bits per heavy atom. The highest BCUT2D eigenvalue weighted by Gasteiger charge is 2.34. The monoisotopic (exact) mass is 292 g/mol. The SMILES string of the molecule is Cc1ccc(CN(C)CC2CC(C(C)(C)C)CCC2N)o1. The molecule has 0 amide bonds. The summed E-state index contributed by atoms with van der Waals surface area (Å²) in [5.74, 6) is 3.43. The van der Waals surface area contributed by atoms with Crippen LogP contribution in [0, 0.1) is 24.2 Å². The molecule has 1 aliphatic carbocycles. The van der Waals surface area contributed by atoms with Gasteiger partial charge in [-0.25, -0.2) is 0 Å². The summed E-state index contributed by atoms with van der Waals surface area (Å²) in [6.45, 7) is 11.0. The molecule has 3 unspecified atom stereocenters. The van der Waals surface area contributed by atoms with Crippen molar-refractivity contribution in [3.05, 3.63) is 23.7 Å². The normalized spacial score (nSPS) is 27.3. The lowest BCUT2D eigenvalue weighted by Gasteiger charge is -2.41. The van der Waals surface area contributed by atoms with Gasteiger partial charge in [-0.3, -0.25) is 4.90 Å². The van der Waals surface area contributed by atoms with Crippen LogP contribution in [-0.4, -0.2) is 24.5 Å². The van der Waals surface area contributed by atoms with E-state index in [9.17, 15) is 0 Å². The van der Waals surface area contributed by atoms with Gasteiger partial charge in [-0.1, -0.05) is 20.8 Å². The molecule has 1 aromatic rings. The number of hydrogen-bond acceptors (Lipinski definition) is 3. The minimum atomic E-state index is 0.351. The van der Waals surface area contributed by atoms with E-state index in [1.165, 1.54) is 19.3 Å². The average Bonchev–Trinajstić information content (AvgIpc) is 2.76. The Hall–Kier alpha value is -0.800. The summed E-state index contributed by atoms with van der Waals surface area (Å²) in [5, 5.41) is 0. The summed E-state index contributed by atoms with van der Waals surface area (Å²) >= 11 is 0. The standard InChI is InChI=1S/C18H32N2O/c1-13-6-8-16(21-13)12-20(5)11-14-10-15(18(2,3)4)7-9-17(14)19/h6,8,14-15,17H,7,9-12,19H2,1-5H3. The minimum Gasteiger partial charge on any atom is -0.465 e. The van der Waals surface area contributed by atoms with Gasteiger partial charge in [-0.05, 0) is 62.6 Å². The van der Waals surface area contributed by atoms with Crippen LogP contribution in [0.4, 0.5) is 0 Å². The molecular formula is C18H32N2O. The number of rotatable bonds is 4. The number of nitrogens with zero attached hydrogens (tertiary/aromatic N) is 1. The van der Waals surface area contributed by atoms with Crippen LogP contribution in [0.25, 0.3) is 0 Å². The fourth-order valence-electron chi connectivity index (χ4n) is 3.58. The first-order valence-corrected chi connectivity index (χ1v) is 8.25. The molecule has 0 aliphatic heterocycles. The minimum absolute atomic E-state index is 0.351. The molecule has 1 aromatic heterocycles. The molecule has 0 bridgehead atoms. The Balaban J connectivity index is 1.90. The molecule has 1 aliphatic rings. The summed E-state index contributed by atoms with van der Waals surface area (Å²) in [6.07, 6.45) is 3.70. The number of nitrogens with two attached hydrogens (primary N) is 1. The molecule has 120 valence electrons. The molecule has 3 atom stereocenters. The fourth-order valence-corrected chi connectivity index (χ4v) is 3.58. The van der Waals surface area contributed by atoms with Crippen molar-refractivity contribution < 1.29 is 4.42 Å². The third kappa shape index (κ3) is 4.58. The van der Waals surface area contributed by atoms with Gasteiger partial charge in [0.05, 0.1) is 6.54 Å². The predicted octanol–water partition coefficient (Wildman–Crippen LogP) is 3.81. The highest BCUT2D eigenvalue weighted by atomic mass is 16.3. The molecule has 1 fully saturated rings. The van der Waals surface area contributed by atoms with Gasteiger partial charge in [0.2, 0.25) is 0 Å². The average molecular weight is 292 g/mol. The van der Waals surface area contributed by atoms with Crippen molar-refractivity contribution in [1.82, 2.24) is 4.90 Å². The Labute approximate surface area is 129 Å². The van der Waals surface area contributed by atoms with Gasteiger partial charge >= 0.3 is 0 Å². The Bertz CT molecular complexity index is 446. The molecule has 3 nitrogen and oxygen atoms in total. The van der Waals surface area contributed by atoms with Gasteiger partial charge in [-0.2, -0.15) is 0 Å². The predicted molar refractivity (Wildman–Crippen MR) is 88.0 cm³/mol. The van der Waals surface area contributed by atoms with Crippen molar-refractivity contribution in [2.45, 2.75) is 59.5 Å². The fraction of sp³-hybridized carbons (Fsp3) is 0.778. The molecule has 1 heterocycles. The molecule has 0 radical (unpaired) electrons. The second-order valence-electron chi connectivity index (χ2n) is 8.01. The van der Waals surface area contributed by atoms with E-state index < -0.39 is 0 Å². The zero-order valence-electron chi connectivity index (χ0n) is 14.4. The topological polar surface area (TPSA) is 42.4 Å². The van der Waals surface area contributed by atoms with E-state index in [-0.39, 0.29) is 0 Å². The van der Waals surface area contributed by atoms with E-state index in [0.717, 1.165) is 30.5 Å². The quantitative estimate of drug-likeness (QED) is 0.917. The van der Waals surface area contributed by atoms with Crippen molar-refractivity contribution in [1.29, 1.82) is 0 Å². The number of hydrogen-bond donors (Lipinski definition) is 1. The maximum Gasteiger partial charge on any atom is 0.118 e. The smallest absolute Gasteiger partial charge is 0.118 e. The van der Waals surface area contributed by atoms with Crippen LogP contribution in [0.5, 0.6) is 0 Å². The summed E-state index contributed by atoms with van der Waals surface area (Å²) in [7, 11) is 2.17. The first-order valence-electron chi connectivity index (χ1n) is 8.25. The van der Waals surface area contributed by atoms with Gasteiger partial charge in [-0.15, -0.1) is 0 Å². The Morgan fingerprint density at radius 2 is 2.00 bits per heavy atom. The summed E-state index contributed by atoms with van der Waals surface area (Å²) < 4.78 is 5.67. The highest BCUT2D eigenvalue weighted by Crippen LogP contribution is 2.40. The van der Waals surface area contributed by atoms with E-state index in [2.05, 4.69) is 38.8 Å². The molecule has 2 rings (SSSR count). The zero-order valence-corrected chi connectivity index (χ0v) is 14.4. The molecule has 2 N–H and O–H groups in total. The number of aryl methyl sites for hydroxylation is 1. The summed E-state index contributed by atoms with van der Waals surface area (Å²) in [6, 6.07) is 4.46. The van der Waals surface area contributed by atoms with Crippen molar-refractivity contribution in [2.75, 3.05) is 13.6 Å². The summed E-state index contributed by atoms with van der Waals surface area (Å²) in [4.78, 5) is 2.36. The second-order valence-corrected chi connectivity index (χ2v) is 8.01. The Morgan fingerprint density at radius 3 is 2.57 bits per heavy atom. The molecule has 21 heavy (non-hydrogen) atoms. The van der Waals surface area contributed by atoms with Crippen LogP contribution >= 0.6 is 0 Å². The van der Waals surface area contributed by atoms with Crippen molar-refractivity contribution in [3.8, 4) is 0 Å². The summed E-state index contributed by atoms with van der Waals surface area (Å²) in [5.41, 5.74) is 6.78. The van der Waals surface area contributed by atoms with E-state index in [1.807, 2.05) is 13.0 Å². The Kier molecular flexibility index (Phi) is 5.15. The van der Waals surface area contributed by atoms with Crippen molar-refractivity contribution in [3.63, 3.8) is 0 Å². The van der Waals surface area contributed by atoms with E-state index >= 15 is 0 Å². The zero-order chi connectivity index (χ0) is 15.6. The maximum absolute atomic E-state index is 6.38. The lowest BCUT2D eigenvalue weighted by atomic mass is 9.67. The molecule has 0 aromatic carbocycles. The van der Waals surface area contributed by atoms with Crippen LogP contribution in [0.1, 0.15) is 51.6 Å². The third-order valence-corrected chi connectivity index (χ3v) is 5.03. The van der Waals surface area contributed by atoms with Crippen molar-refractivity contribution in [2.24, 2.45) is 23.0 Å². The van der Waals surface area contributed by atoms with Gasteiger partial charge in [0, 0.05) is 12.6 Å². The molecule has 0 saturated heterocycles. The van der Waals surface area contributed by atoms with E-state index in [4.69, 9.17) is 10.2 Å². The first kappa shape index (κ1) is 16.6. The molecular weight excluding hydrogens is 260 g/mol. The maximum atomic E-state index is 6.38. The molecule has 3 heteroatoms. The van der Waals surface area contributed by atoms with Crippen LogP contribution in [0.2, 0.25) is 0 Å². The van der Waals surface area contributed by atoms with Gasteiger partial charge < -0.3 is 10.2 Å². The van der Waals surface area contributed by atoms with Crippen LogP contribution in [0.15, 0.2) is 16.5 Å². The largest absolute Gasteiger partial charge is 0.465 e.